The first kappa shape index (κ1) is 11.1. The second-order valence-electron chi connectivity index (χ2n) is 3.82. The summed E-state index contributed by atoms with van der Waals surface area (Å²) in [6, 6.07) is 8.85. The summed E-state index contributed by atoms with van der Waals surface area (Å²) in [6.07, 6.45) is 3.53. The summed E-state index contributed by atoms with van der Waals surface area (Å²) in [4.78, 5) is 8.28. The van der Waals surface area contributed by atoms with Crippen LogP contribution in [-0.2, 0) is 6.54 Å². The average molecular weight is 259 g/mol. The van der Waals surface area contributed by atoms with E-state index in [0.717, 1.165) is 15.4 Å². The number of hydrogen-bond acceptors (Lipinski definition) is 4. The van der Waals surface area contributed by atoms with E-state index in [1.54, 1.807) is 18.5 Å². The zero-order valence-corrected chi connectivity index (χ0v) is 10.2. The van der Waals surface area contributed by atoms with Crippen LogP contribution < -0.4 is 5.32 Å². The van der Waals surface area contributed by atoms with Crippen LogP contribution in [0.2, 0.25) is 0 Å². The van der Waals surface area contributed by atoms with E-state index < -0.39 is 0 Å². The van der Waals surface area contributed by atoms with Crippen molar-refractivity contribution in [3.05, 3.63) is 54.1 Å². The summed E-state index contributed by atoms with van der Waals surface area (Å²) >= 11 is 1.45. The molecule has 0 saturated heterocycles. The van der Waals surface area contributed by atoms with Gasteiger partial charge in [-0.3, -0.25) is 4.98 Å². The van der Waals surface area contributed by atoms with Crippen LogP contribution in [0.15, 0.2) is 42.7 Å². The van der Waals surface area contributed by atoms with Crippen molar-refractivity contribution in [1.82, 2.24) is 9.97 Å². The lowest BCUT2D eigenvalue weighted by Gasteiger charge is -2.00. The number of anilines is 1. The Morgan fingerprint density at radius 3 is 2.94 bits per heavy atom. The Morgan fingerprint density at radius 1 is 1.22 bits per heavy atom. The smallest absolute Gasteiger partial charge is 0.184 e. The first-order valence-electron chi connectivity index (χ1n) is 5.51. The summed E-state index contributed by atoms with van der Waals surface area (Å²) < 4.78 is 14.3. The summed E-state index contributed by atoms with van der Waals surface area (Å²) in [5, 5.41) is 3.90. The van der Waals surface area contributed by atoms with Crippen LogP contribution in [0.3, 0.4) is 0 Å². The van der Waals surface area contributed by atoms with E-state index in [2.05, 4.69) is 15.3 Å². The Balaban J connectivity index is 1.81. The molecular formula is C13H10FN3S. The largest absolute Gasteiger partial charge is 0.357 e. The first-order valence-corrected chi connectivity index (χ1v) is 6.32. The zero-order valence-electron chi connectivity index (χ0n) is 9.43. The van der Waals surface area contributed by atoms with E-state index >= 15 is 0 Å². The number of nitrogens with one attached hydrogen (secondary N) is 1. The number of pyridine rings is 1. The van der Waals surface area contributed by atoms with E-state index in [-0.39, 0.29) is 5.82 Å². The van der Waals surface area contributed by atoms with Gasteiger partial charge in [-0.1, -0.05) is 23.5 Å². The highest BCUT2D eigenvalue weighted by Crippen LogP contribution is 2.27. The van der Waals surface area contributed by atoms with Crippen molar-refractivity contribution in [2.75, 3.05) is 5.32 Å². The van der Waals surface area contributed by atoms with Crippen LogP contribution in [0.4, 0.5) is 9.52 Å². The lowest BCUT2D eigenvalue weighted by Crippen LogP contribution is -1.98. The van der Waals surface area contributed by atoms with Crippen LogP contribution in [-0.4, -0.2) is 9.97 Å². The highest BCUT2D eigenvalue weighted by atomic mass is 32.1. The van der Waals surface area contributed by atoms with Crippen molar-refractivity contribution >= 4 is 26.7 Å². The van der Waals surface area contributed by atoms with E-state index in [9.17, 15) is 4.39 Å². The van der Waals surface area contributed by atoms with Crippen LogP contribution in [0.1, 0.15) is 5.56 Å². The van der Waals surface area contributed by atoms with Gasteiger partial charge in [-0.05, 0) is 23.8 Å². The maximum Gasteiger partial charge on any atom is 0.184 e. The minimum absolute atomic E-state index is 0.279. The SMILES string of the molecule is Fc1cccc2sc(NCc3cccnc3)nc12. The van der Waals surface area contributed by atoms with E-state index in [4.69, 9.17) is 0 Å². The summed E-state index contributed by atoms with van der Waals surface area (Å²) in [7, 11) is 0. The average Bonchev–Trinajstić information content (AvgIpc) is 2.82. The molecule has 5 heteroatoms. The number of thiazole rings is 1. The molecule has 2 aromatic heterocycles. The Hall–Kier alpha value is -2.01. The van der Waals surface area contributed by atoms with Gasteiger partial charge in [0.25, 0.3) is 0 Å². The van der Waals surface area contributed by atoms with Crippen LogP contribution in [0.5, 0.6) is 0 Å². The number of rotatable bonds is 3. The number of benzene rings is 1. The Labute approximate surface area is 107 Å². The van der Waals surface area contributed by atoms with Crippen LogP contribution in [0, 0.1) is 5.82 Å². The van der Waals surface area contributed by atoms with Gasteiger partial charge in [0.1, 0.15) is 11.3 Å². The van der Waals surface area contributed by atoms with E-state index in [1.807, 2.05) is 18.2 Å². The molecule has 0 aliphatic heterocycles. The highest BCUT2D eigenvalue weighted by Gasteiger charge is 2.07. The summed E-state index contributed by atoms with van der Waals surface area (Å²) in [5.41, 5.74) is 1.49. The predicted octanol–water partition coefficient (Wildman–Crippen LogP) is 3.44. The first-order chi connectivity index (χ1) is 8.83. The van der Waals surface area contributed by atoms with Crippen molar-refractivity contribution in [2.24, 2.45) is 0 Å². The van der Waals surface area contributed by atoms with Gasteiger partial charge in [0.15, 0.2) is 5.13 Å². The molecule has 0 saturated carbocycles. The molecule has 0 radical (unpaired) electrons. The molecular weight excluding hydrogens is 249 g/mol. The topological polar surface area (TPSA) is 37.8 Å². The van der Waals surface area contributed by atoms with Gasteiger partial charge in [-0.25, -0.2) is 9.37 Å². The van der Waals surface area contributed by atoms with Crippen molar-refractivity contribution < 1.29 is 4.39 Å². The quantitative estimate of drug-likeness (QED) is 0.783. The molecule has 0 amide bonds. The number of fused-ring (bicyclic) bond motifs is 1. The normalized spacial score (nSPS) is 10.7. The summed E-state index contributed by atoms with van der Waals surface area (Å²) in [5.74, 6) is -0.279. The Morgan fingerprint density at radius 2 is 2.17 bits per heavy atom. The number of halogens is 1. The third-order valence-electron chi connectivity index (χ3n) is 2.54. The second-order valence-corrected chi connectivity index (χ2v) is 4.85. The number of hydrogen-bond donors (Lipinski definition) is 1. The third-order valence-corrected chi connectivity index (χ3v) is 3.51. The molecule has 90 valence electrons. The Bertz CT molecular complexity index is 666. The van der Waals surface area contributed by atoms with Crippen molar-refractivity contribution in [2.45, 2.75) is 6.54 Å². The van der Waals surface area contributed by atoms with Gasteiger partial charge in [0.05, 0.1) is 4.70 Å². The highest BCUT2D eigenvalue weighted by molar-refractivity contribution is 7.22. The van der Waals surface area contributed by atoms with Gasteiger partial charge < -0.3 is 5.32 Å². The van der Waals surface area contributed by atoms with Crippen molar-refractivity contribution in [3.8, 4) is 0 Å². The van der Waals surface area contributed by atoms with Crippen molar-refractivity contribution in [3.63, 3.8) is 0 Å². The minimum atomic E-state index is -0.279. The molecule has 1 aromatic carbocycles. The predicted molar refractivity (Wildman–Crippen MR) is 71.1 cm³/mol. The molecule has 0 aliphatic rings. The monoisotopic (exact) mass is 259 g/mol. The van der Waals surface area contributed by atoms with Crippen LogP contribution >= 0.6 is 11.3 Å². The lowest BCUT2D eigenvalue weighted by atomic mass is 10.3. The molecule has 0 unspecified atom stereocenters. The molecule has 2 heterocycles. The fourth-order valence-corrected chi connectivity index (χ4v) is 2.55. The molecule has 0 spiro atoms. The molecule has 0 atom stereocenters. The van der Waals surface area contributed by atoms with Gasteiger partial charge in [0.2, 0.25) is 0 Å². The second kappa shape index (κ2) is 4.70. The van der Waals surface area contributed by atoms with E-state index in [0.29, 0.717) is 12.1 Å². The number of nitrogens with zero attached hydrogens (tertiary/aromatic N) is 2. The molecule has 0 bridgehead atoms. The lowest BCUT2D eigenvalue weighted by molar-refractivity contribution is 0.637. The third kappa shape index (κ3) is 2.17. The fourth-order valence-electron chi connectivity index (χ4n) is 1.67. The van der Waals surface area contributed by atoms with Crippen molar-refractivity contribution in [1.29, 1.82) is 0 Å². The Kier molecular flexibility index (Phi) is 2.90. The number of para-hydroxylation sites is 1. The van der Waals surface area contributed by atoms with Gasteiger partial charge in [-0.2, -0.15) is 0 Å². The van der Waals surface area contributed by atoms with Gasteiger partial charge >= 0.3 is 0 Å². The molecule has 3 aromatic rings. The maximum absolute atomic E-state index is 13.5. The molecule has 0 aliphatic carbocycles. The molecule has 18 heavy (non-hydrogen) atoms. The van der Waals surface area contributed by atoms with Crippen LogP contribution in [0.25, 0.3) is 10.2 Å². The van der Waals surface area contributed by atoms with E-state index in [1.165, 1.54) is 17.4 Å². The maximum atomic E-state index is 13.5. The minimum Gasteiger partial charge on any atom is -0.357 e. The molecule has 0 fully saturated rings. The molecule has 1 N–H and O–H groups in total. The van der Waals surface area contributed by atoms with Gasteiger partial charge in [-0.15, -0.1) is 0 Å². The standard InChI is InChI=1S/C13H10FN3S/c14-10-4-1-5-11-12(10)17-13(18-11)16-8-9-3-2-6-15-7-9/h1-7H,8H2,(H,16,17). The number of aromatic nitrogens is 2. The fraction of sp³-hybridized carbons (Fsp3) is 0.0769. The van der Waals surface area contributed by atoms with Gasteiger partial charge in [0, 0.05) is 18.9 Å². The molecule has 3 nitrogen and oxygen atoms in total. The molecule has 3 rings (SSSR count). The zero-order chi connectivity index (χ0) is 12.4. The summed E-state index contributed by atoms with van der Waals surface area (Å²) in [6.45, 7) is 0.634.